The maximum Gasteiger partial charge on any atom is 0.294 e. The van der Waals surface area contributed by atoms with E-state index in [9.17, 15) is 10.1 Å². The van der Waals surface area contributed by atoms with E-state index in [4.69, 9.17) is 10.5 Å². The fourth-order valence-corrected chi connectivity index (χ4v) is 2.20. The molecule has 0 saturated carbocycles. The number of benzene rings is 1. The number of nitro benzene ring substituents is 1. The molecule has 0 unspecified atom stereocenters. The minimum atomic E-state index is -0.415. The highest BCUT2D eigenvalue weighted by molar-refractivity contribution is 5.95. The molecular weight excluding hydrogens is 324 g/mol. The third kappa shape index (κ3) is 6.11. The molecule has 0 radical (unpaired) electrons. The van der Waals surface area contributed by atoms with Gasteiger partial charge in [0.25, 0.3) is 5.69 Å². The third-order valence-corrected chi connectivity index (χ3v) is 3.45. The molecule has 0 bridgehead atoms. The van der Waals surface area contributed by atoms with Crippen molar-refractivity contribution in [1.82, 2.24) is 4.90 Å². The predicted octanol–water partition coefficient (Wildman–Crippen LogP) is 1.74. The largest absolute Gasteiger partial charge is 0.494 e. The van der Waals surface area contributed by atoms with E-state index in [1.165, 1.54) is 13.2 Å². The average Bonchev–Trinajstić information content (AvgIpc) is 2.51. The maximum atomic E-state index is 11.5. The van der Waals surface area contributed by atoms with Crippen molar-refractivity contribution in [2.24, 2.45) is 10.7 Å². The van der Waals surface area contributed by atoms with Crippen molar-refractivity contribution in [2.45, 2.75) is 19.9 Å². The maximum absolute atomic E-state index is 11.5. The van der Waals surface area contributed by atoms with Gasteiger partial charge in [-0.1, -0.05) is 0 Å². The summed E-state index contributed by atoms with van der Waals surface area (Å²) in [6, 6.07) is 3.06. The first kappa shape index (κ1) is 20.5. The van der Waals surface area contributed by atoms with E-state index >= 15 is 0 Å². The van der Waals surface area contributed by atoms with Gasteiger partial charge >= 0.3 is 0 Å². The van der Waals surface area contributed by atoms with Crippen LogP contribution in [0.3, 0.4) is 0 Å². The lowest BCUT2D eigenvalue weighted by molar-refractivity contribution is -0.384. The molecule has 0 saturated heterocycles. The van der Waals surface area contributed by atoms with Crippen molar-refractivity contribution >= 4 is 23.0 Å². The van der Waals surface area contributed by atoms with Gasteiger partial charge in [0.05, 0.1) is 17.7 Å². The molecule has 9 nitrogen and oxygen atoms in total. The Hall–Kier alpha value is -2.55. The molecule has 0 aliphatic carbocycles. The van der Waals surface area contributed by atoms with E-state index in [0.29, 0.717) is 23.7 Å². The number of hydrogen-bond acceptors (Lipinski definition) is 6. The fourth-order valence-electron chi connectivity index (χ4n) is 2.20. The Morgan fingerprint density at radius 1 is 1.36 bits per heavy atom. The highest BCUT2D eigenvalue weighted by Crippen LogP contribution is 2.37. The molecule has 140 valence electrons. The van der Waals surface area contributed by atoms with Crippen molar-refractivity contribution in [3.05, 3.63) is 22.2 Å². The van der Waals surface area contributed by atoms with Crippen molar-refractivity contribution in [3.8, 4) is 5.75 Å². The molecule has 0 aromatic heterocycles. The number of nitro groups is 1. The lowest BCUT2D eigenvalue weighted by Crippen LogP contribution is -2.29. The van der Waals surface area contributed by atoms with Crippen LogP contribution in [0.25, 0.3) is 0 Å². The van der Waals surface area contributed by atoms with Crippen LogP contribution >= 0.6 is 0 Å². The summed E-state index contributed by atoms with van der Waals surface area (Å²) in [5, 5.41) is 14.4. The number of rotatable bonds is 8. The van der Waals surface area contributed by atoms with Gasteiger partial charge in [-0.05, 0) is 27.9 Å². The molecule has 0 heterocycles. The molecule has 1 aromatic rings. The minimum absolute atomic E-state index is 0.00456. The van der Waals surface area contributed by atoms with Gasteiger partial charge in [0, 0.05) is 38.3 Å². The van der Waals surface area contributed by atoms with Gasteiger partial charge in [-0.25, -0.2) is 0 Å². The highest BCUT2D eigenvalue weighted by Gasteiger charge is 2.22. The molecule has 1 rings (SSSR count). The van der Waals surface area contributed by atoms with Crippen LogP contribution in [0.2, 0.25) is 0 Å². The summed E-state index contributed by atoms with van der Waals surface area (Å²) in [4.78, 5) is 19.1. The minimum Gasteiger partial charge on any atom is -0.494 e. The smallest absolute Gasteiger partial charge is 0.294 e. The Labute approximate surface area is 148 Å². The summed E-state index contributed by atoms with van der Waals surface area (Å²) in [6.45, 7) is 5.18. The van der Waals surface area contributed by atoms with E-state index in [0.717, 1.165) is 6.54 Å². The van der Waals surface area contributed by atoms with Crippen LogP contribution in [0.5, 0.6) is 5.75 Å². The summed E-state index contributed by atoms with van der Waals surface area (Å²) in [6.07, 6.45) is 0. The number of nitrogens with one attached hydrogen (secondary N) is 1. The molecule has 0 fully saturated rings. The zero-order chi connectivity index (χ0) is 19.1. The average molecular weight is 352 g/mol. The summed E-state index contributed by atoms with van der Waals surface area (Å²) in [7, 11) is 7.22. The molecular formula is C16H28N6O3. The molecule has 9 heteroatoms. The summed E-state index contributed by atoms with van der Waals surface area (Å²) in [5.74, 6) is 0.635. The lowest BCUT2D eigenvalue weighted by atomic mass is 10.2. The summed E-state index contributed by atoms with van der Waals surface area (Å²) >= 11 is 0. The molecule has 0 spiro atoms. The molecule has 0 aliphatic rings. The zero-order valence-electron chi connectivity index (χ0n) is 15.7. The molecule has 0 atom stereocenters. The van der Waals surface area contributed by atoms with Crippen molar-refractivity contribution in [1.29, 1.82) is 0 Å². The Balaban J connectivity index is 3.26. The van der Waals surface area contributed by atoms with E-state index < -0.39 is 4.92 Å². The molecule has 25 heavy (non-hydrogen) atoms. The number of hydrogen-bond donors (Lipinski definition) is 2. The first-order chi connectivity index (χ1) is 11.6. The van der Waals surface area contributed by atoms with Crippen LogP contribution in [0.1, 0.15) is 13.8 Å². The van der Waals surface area contributed by atoms with E-state index in [2.05, 4.69) is 10.3 Å². The normalized spacial score (nSPS) is 11.8. The molecule has 0 aliphatic heterocycles. The van der Waals surface area contributed by atoms with Crippen molar-refractivity contribution < 1.29 is 9.66 Å². The first-order valence-corrected chi connectivity index (χ1v) is 7.98. The Kier molecular flexibility index (Phi) is 7.43. The van der Waals surface area contributed by atoms with Crippen LogP contribution in [0, 0.1) is 10.1 Å². The standard InChI is InChI=1S/C16H28N6O3/c1-11(2)18-16(17)19-12-9-14(22(23)24)13(10-15(12)25-6)21(5)8-7-20(3)4/h9-11H,7-8H2,1-6H3,(H3,17,18,19). The second-order valence-corrected chi connectivity index (χ2v) is 6.26. The second kappa shape index (κ2) is 9.07. The van der Waals surface area contributed by atoms with Gasteiger partial charge in [0.1, 0.15) is 11.4 Å². The summed E-state index contributed by atoms with van der Waals surface area (Å²) in [5.41, 5.74) is 6.69. The number of nitrogens with two attached hydrogens (primary N) is 1. The van der Waals surface area contributed by atoms with Gasteiger partial charge in [0.2, 0.25) is 0 Å². The van der Waals surface area contributed by atoms with E-state index in [1.54, 1.807) is 6.07 Å². The van der Waals surface area contributed by atoms with E-state index in [-0.39, 0.29) is 17.7 Å². The number of likely N-dealkylation sites (N-methyl/N-ethyl adjacent to an activating group) is 2. The molecule has 0 amide bonds. The zero-order valence-corrected chi connectivity index (χ0v) is 15.7. The monoisotopic (exact) mass is 352 g/mol. The number of nitrogens with zero attached hydrogens (tertiary/aromatic N) is 4. The number of aliphatic imine (C=N–C) groups is 1. The Bertz CT molecular complexity index is 631. The predicted molar refractivity (Wildman–Crippen MR) is 102 cm³/mol. The van der Waals surface area contributed by atoms with Crippen LogP contribution < -0.4 is 20.7 Å². The fraction of sp³-hybridized carbons (Fsp3) is 0.562. The van der Waals surface area contributed by atoms with Crippen LogP contribution in [-0.4, -0.2) is 63.2 Å². The Morgan fingerprint density at radius 3 is 2.48 bits per heavy atom. The van der Waals surface area contributed by atoms with Gasteiger partial charge in [-0.3, -0.25) is 15.1 Å². The molecule has 1 aromatic carbocycles. The third-order valence-electron chi connectivity index (χ3n) is 3.45. The Morgan fingerprint density at radius 2 is 2.00 bits per heavy atom. The second-order valence-electron chi connectivity index (χ2n) is 6.26. The van der Waals surface area contributed by atoms with Crippen LogP contribution in [-0.2, 0) is 0 Å². The van der Waals surface area contributed by atoms with Gasteiger partial charge in [-0.2, -0.15) is 0 Å². The van der Waals surface area contributed by atoms with Crippen LogP contribution in [0.4, 0.5) is 17.1 Å². The lowest BCUT2D eigenvalue weighted by Gasteiger charge is -2.23. The van der Waals surface area contributed by atoms with Gasteiger partial charge in [0.15, 0.2) is 5.96 Å². The van der Waals surface area contributed by atoms with Gasteiger partial charge < -0.3 is 25.6 Å². The quantitative estimate of drug-likeness (QED) is 0.317. The number of methoxy groups -OCH3 is 1. The van der Waals surface area contributed by atoms with Gasteiger partial charge in [-0.15, -0.1) is 0 Å². The highest BCUT2D eigenvalue weighted by atomic mass is 16.6. The summed E-state index contributed by atoms with van der Waals surface area (Å²) < 4.78 is 5.37. The van der Waals surface area contributed by atoms with Crippen molar-refractivity contribution in [2.75, 3.05) is 51.6 Å². The van der Waals surface area contributed by atoms with Crippen molar-refractivity contribution in [3.63, 3.8) is 0 Å². The topological polar surface area (TPSA) is 109 Å². The number of ether oxygens (including phenoxy) is 1. The van der Waals surface area contributed by atoms with Crippen LogP contribution in [0.15, 0.2) is 17.1 Å². The molecule has 3 N–H and O–H groups in total. The number of anilines is 2. The number of guanidine groups is 1. The van der Waals surface area contributed by atoms with E-state index in [1.807, 2.05) is 44.8 Å². The first-order valence-electron chi connectivity index (χ1n) is 7.98. The SMILES string of the molecule is COc1cc(N(C)CCN(C)C)c([N+](=O)[O-])cc1NC(N)=NC(C)C.